The van der Waals surface area contributed by atoms with Gasteiger partial charge in [-0.2, -0.15) is 0 Å². The van der Waals surface area contributed by atoms with E-state index in [4.69, 9.17) is 4.74 Å². The SMILES string of the molecule is O=C(CN1CCCC(COc2ccc(F)cc2)C1)C1CCC(c2ccnc3cnc4[nH]ccc4c23)CC1. The summed E-state index contributed by atoms with van der Waals surface area (Å²) in [6.45, 7) is 2.99. The summed E-state index contributed by atoms with van der Waals surface area (Å²) in [7, 11) is 0. The molecular weight excluding hydrogens is 467 g/mol. The Morgan fingerprint density at radius 3 is 2.73 bits per heavy atom. The van der Waals surface area contributed by atoms with Crippen molar-refractivity contribution in [2.75, 3.05) is 26.2 Å². The smallest absolute Gasteiger partial charge is 0.149 e. The summed E-state index contributed by atoms with van der Waals surface area (Å²) < 4.78 is 19.0. The van der Waals surface area contributed by atoms with Crippen LogP contribution >= 0.6 is 0 Å². The fourth-order valence-corrected chi connectivity index (χ4v) is 6.27. The van der Waals surface area contributed by atoms with E-state index >= 15 is 0 Å². The zero-order valence-corrected chi connectivity index (χ0v) is 21.0. The largest absolute Gasteiger partial charge is 0.493 e. The average molecular weight is 501 g/mol. The molecule has 2 aliphatic rings. The van der Waals surface area contributed by atoms with Crippen LogP contribution in [0.4, 0.5) is 4.39 Å². The maximum absolute atomic E-state index is 13.2. The molecule has 6 rings (SSSR count). The van der Waals surface area contributed by atoms with Crippen molar-refractivity contribution in [3.05, 3.63) is 66.4 Å². The Kier molecular flexibility index (Phi) is 6.87. The van der Waals surface area contributed by atoms with Gasteiger partial charge in [0.05, 0.1) is 24.9 Å². The van der Waals surface area contributed by atoms with E-state index in [-0.39, 0.29) is 11.7 Å². The highest BCUT2D eigenvalue weighted by Crippen LogP contribution is 2.40. The Hall–Kier alpha value is -3.32. The van der Waals surface area contributed by atoms with Crippen LogP contribution in [0.15, 0.2) is 55.0 Å². The van der Waals surface area contributed by atoms with E-state index in [1.165, 1.54) is 23.1 Å². The molecule has 4 aromatic rings. The van der Waals surface area contributed by atoms with E-state index in [1.54, 1.807) is 12.1 Å². The minimum absolute atomic E-state index is 0.147. The number of nitrogens with zero attached hydrogens (tertiary/aromatic N) is 3. The second kappa shape index (κ2) is 10.6. The normalized spacial score (nSPS) is 22.9. The lowest BCUT2D eigenvalue weighted by Crippen LogP contribution is -2.42. The van der Waals surface area contributed by atoms with Crippen LogP contribution < -0.4 is 4.74 Å². The van der Waals surface area contributed by atoms with Gasteiger partial charge in [-0.15, -0.1) is 0 Å². The number of hydrogen-bond acceptors (Lipinski definition) is 5. The molecule has 1 aliphatic carbocycles. The number of nitrogens with one attached hydrogen (secondary N) is 1. The van der Waals surface area contributed by atoms with Gasteiger partial charge in [0.2, 0.25) is 0 Å². The first-order valence-corrected chi connectivity index (χ1v) is 13.5. The third-order valence-corrected chi connectivity index (χ3v) is 8.23. The summed E-state index contributed by atoms with van der Waals surface area (Å²) in [4.78, 5) is 27.8. The molecule has 1 saturated carbocycles. The third kappa shape index (κ3) is 5.23. The number of carbonyl (C=O) groups is 1. The van der Waals surface area contributed by atoms with Crippen molar-refractivity contribution in [1.29, 1.82) is 0 Å². The first kappa shape index (κ1) is 24.0. The predicted molar refractivity (Wildman–Crippen MR) is 142 cm³/mol. The van der Waals surface area contributed by atoms with Crippen LogP contribution in [-0.2, 0) is 4.79 Å². The summed E-state index contributed by atoms with van der Waals surface area (Å²) in [5.41, 5.74) is 3.17. The number of aromatic amines is 1. The summed E-state index contributed by atoms with van der Waals surface area (Å²) in [5.74, 6) is 1.81. The number of likely N-dealkylation sites (tertiary alicyclic amines) is 1. The summed E-state index contributed by atoms with van der Waals surface area (Å²) in [6, 6.07) is 10.4. The molecule has 37 heavy (non-hydrogen) atoms. The van der Waals surface area contributed by atoms with Crippen LogP contribution in [0.25, 0.3) is 21.9 Å². The second-order valence-corrected chi connectivity index (χ2v) is 10.7. The van der Waals surface area contributed by atoms with Gasteiger partial charge in [0.1, 0.15) is 23.0 Å². The number of rotatable bonds is 7. The number of hydrogen-bond donors (Lipinski definition) is 1. The average Bonchev–Trinajstić information content (AvgIpc) is 3.42. The number of aromatic nitrogens is 3. The van der Waals surface area contributed by atoms with Crippen molar-refractivity contribution in [1.82, 2.24) is 19.9 Å². The maximum atomic E-state index is 13.2. The van der Waals surface area contributed by atoms with Crippen molar-refractivity contribution < 1.29 is 13.9 Å². The van der Waals surface area contributed by atoms with Crippen molar-refractivity contribution in [2.24, 2.45) is 11.8 Å². The number of halogens is 1. The lowest BCUT2D eigenvalue weighted by molar-refractivity contribution is -0.125. The Labute approximate surface area is 216 Å². The molecule has 0 amide bonds. The van der Waals surface area contributed by atoms with E-state index in [9.17, 15) is 9.18 Å². The highest BCUT2D eigenvalue weighted by atomic mass is 19.1. The number of piperidine rings is 1. The number of Topliss-reactive ketones (excluding diaryl/α,β-unsaturated/α-hetero) is 1. The highest BCUT2D eigenvalue weighted by molar-refractivity contribution is 6.05. The molecule has 0 radical (unpaired) electrons. The minimum atomic E-state index is -0.256. The molecule has 6 nitrogen and oxygen atoms in total. The Balaban J connectivity index is 1.04. The molecule has 192 valence electrons. The van der Waals surface area contributed by atoms with Gasteiger partial charge < -0.3 is 9.72 Å². The van der Waals surface area contributed by atoms with Crippen molar-refractivity contribution >= 4 is 27.7 Å². The molecule has 7 heteroatoms. The number of pyridine rings is 2. The number of benzene rings is 1. The van der Waals surface area contributed by atoms with Crippen molar-refractivity contribution in [3.63, 3.8) is 0 Å². The molecule has 0 bridgehead atoms. The Morgan fingerprint density at radius 2 is 1.89 bits per heavy atom. The molecular formula is C30H33FN4O2. The molecule has 4 heterocycles. The van der Waals surface area contributed by atoms with Crippen LogP contribution in [0.2, 0.25) is 0 Å². The molecule has 3 aromatic heterocycles. The molecule has 1 N–H and O–H groups in total. The van der Waals surface area contributed by atoms with Crippen LogP contribution in [0.5, 0.6) is 5.75 Å². The van der Waals surface area contributed by atoms with Gasteiger partial charge in [-0.25, -0.2) is 9.37 Å². The standard InChI is InChI=1S/C30H33FN4O2/c31-23-7-9-24(10-8-23)37-19-20-2-1-15-35(17-20)18-28(36)22-5-3-21(4-6-22)25-11-13-32-27-16-34-30-26(29(25)27)12-14-33-30/h7-14,16,20-22H,1-6,15,17-19H2,(H,33,34). The predicted octanol–water partition coefficient (Wildman–Crippen LogP) is 5.88. The van der Waals surface area contributed by atoms with Crippen LogP contribution in [0, 0.1) is 17.7 Å². The van der Waals surface area contributed by atoms with E-state index in [0.29, 0.717) is 36.5 Å². The van der Waals surface area contributed by atoms with E-state index < -0.39 is 0 Å². The van der Waals surface area contributed by atoms with Gasteiger partial charge in [0.25, 0.3) is 0 Å². The van der Waals surface area contributed by atoms with E-state index in [2.05, 4.69) is 32.0 Å². The fraction of sp³-hybridized carbons (Fsp3) is 0.433. The van der Waals surface area contributed by atoms with Gasteiger partial charge in [-0.05, 0) is 92.9 Å². The number of carbonyl (C=O) groups excluding carboxylic acids is 1. The Morgan fingerprint density at radius 1 is 1.05 bits per heavy atom. The lowest BCUT2D eigenvalue weighted by atomic mass is 9.76. The van der Waals surface area contributed by atoms with Crippen LogP contribution in [0.3, 0.4) is 0 Å². The summed E-state index contributed by atoms with van der Waals surface area (Å²) in [6.07, 6.45) is 11.8. The first-order chi connectivity index (χ1) is 18.1. The molecule has 0 spiro atoms. The number of ether oxygens (including phenoxy) is 1. The molecule has 2 fully saturated rings. The van der Waals surface area contributed by atoms with Gasteiger partial charge in [-0.3, -0.25) is 14.7 Å². The molecule has 1 atom stereocenters. The zero-order chi connectivity index (χ0) is 25.2. The van der Waals surface area contributed by atoms with E-state index in [1.807, 2.05) is 18.6 Å². The van der Waals surface area contributed by atoms with Gasteiger partial charge in [-0.1, -0.05) is 0 Å². The number of fused-ring (bicyclic) bond motifs is 3. The maximum Gasteiger partial charge on any atom is 0.149 e. The molecule has 1 aromatic carbocycles. The fourth-order valence-electron chi connectivity index (χ4n) is 6.27. The highest BCUT2D eigenvalue weighted by Gasteiger charge is 2.30. The van der Waals surface area contributed by atoms with Crippen LogP contribution in [-0.4, -0.2) is 51.9 Å². The van der Waals surface area contributed by atoms with Crippen molar-refractivity contribution in [2.45, 2.75) is 44.4 Å². The second-order valence-electron chi connectivity index (χ2n) is 10.7. The van der Waals surface area contributed by atoms with E-state index in [0.717, 1.165) is 68.2 Å². The summed E-state index contributed by atoms with van der Waals surface area (Å²) >= 11 is 0. The number of H-pyrrole nitrogens is 1. The quantitative estimate of drug-likeness (QED) is 0.343. The summed E-state index contributed by atoms with van der Waals surface area (Å²) in [5, 5.41) is 2.33. The molecule has 1 aliphatic heterocycles. The zero-order valence-electron chi connectivity index (χ0n) is 21.0. The number of ketones is 1. The minimum Gasteiger partial charge on any atom is -0.493 e. The van der Waals surface area contributed by atoms with Crippen molar-refractivity contribution in [3.8, 4) is 5.75 Å². The molecule has 1 saturated heterocycles. The Bertz CT molecular complexity index is 1380. The lowest BCUT2D eigenvalue weighted by Gasteiger charge is -2.34. The van der Waals surface area contributed by atoms with Gasteiger partial charge in [0, 0.05) is 41.5 Å². The third-order valence-electron chi connectivity index (χ3n) is 8.23. The van der Waals surface area contributed by atoms with Gasteiger partial charge in [0.15, 0.2) is 0 Å². The van der Waals surface area contributed by atoms with Gasteiger partial charge >= 0.3 is 0 Å². The molecule has 1 unspecified atom stereocenters. The van der Waals surface area contributed by atoms with Crippen LogP contribution in [0.1, 0.15) is 50.0 Å². The first-order valence-electron chi connectivity index (χ1n) is 13.5. The monoisotopic (exact) mass is 500 g/mol. The topological polar surface area (TPSA) is 71.1 Å².